The molecule has 0 aliphatic carbocycles. The van der Waals surface area contributed by atoms with Gasteiger partial charge < -0.3 is 10.1 Å². The van der Waals surface area contributed by atoms with Crippen LogP contribution in [-0.2, 0) is 9.53 Å². The molecule has 24 heavy (non-hydrogen) atoms. The second-order valence-corrected chi connectivity index (χ2v) is 5.28. The highest BCUT2D eigenvalue weighted by atomic mass is 32.1. The Morgan fingerprint density at radius 3 is 2.71 bits per heavy atom. The lowest BCUT2D eigenvalue weighted by Gasteiger charge is -2.07. The van der Waals surface area contributed by atoms with Crippen LogP contribution in [0.1, 0.15) is 15.9 Å². The van der Waals surface area contributed by atoms with Crippen molar-refractivity contribution in [3.05, 3.63) is 53.6 Å². The lowest BCUT2D eigenvalue weighted by Crippen LogP contribution is -2.21. The van der Waals surface area contributed by atoms with E-state index in [0.717, 1.165) is 11.7 Å². The molecule has 0 unspecified atom stereocenters. The van der Waals surface area contributed by atoms with Crippen molar-refractivity contribution in [2.24, 2.45) is 0 Å². The maximum atomic E-state index is 11.9. The number of esters is 1. The molecule has 1 aromatic heterocycles. The number of benzene rings is 2. The van der Waals surface area contributed by atoms with E-state index in [1.807, 2.05) is 6.07 Å². The number of nitrogens with one attached hydrogen (secondary N) is 1. The Hall–Kier alpha value is -3.31. The molecule has 118 valence electrons. The molecule has 0 bridgehead atoms. The maximum Gasteiger partial charge on any atom is 0.338 e. The quantitative estimate of drug-likeness (QED) is 0.732. The summed E-state index contributed by atoms with van der Waals surface area (Å²) in [7, 11) is 0. The average Bonchev–Trinajstić information content (AvgIpc) is 3.09. The van der Waals surface area contributed by atoms with Gasteiger partial charge in [0.05, 0.1) is 34.6 Å². The minimum atomic E-state index is -0.636. The van der Waals surface area contributed by atoms with Crippen LogP contribution in [0.15, 0.2) is 42.5 Å². The highest BCUT2D eigenvalue weighted by molar-refractivity contribution is 7.00. The fourth-order valence-corrected chi connectivity index (χ4v) is 2.54. The van der Waals surface area contributed by atoms with Crippen LogP contribution in [0.5, 0.6) is 0 Å². The van der Waals surface area contributed by atoms with Gasteiger partial charge in [0.25, 0.3) is 5.91 Å². The number of nitrogens with zero attached hydrogens (tertiary/aromatic N) is 3. The van der Waals surface area contributed by atoms with Crippen molar-refractivity contribution in [2.45, 2.75) is 0 Å². The summed E-state index contributed by atoms with van der Waals surface area (Å²) in [6, 6.07) is 13.2. The van der Waals surface area contributed by atoms with Gasteiger partial charge in [0.1, 0.15) is 11.0 Å². The number of amides is 1. The molecule has 0 saturated heterocycles. The molecule has 3 rings (SSSR count). The molecule has 0 radical (unpaired) electrons. The summed E-state index contributed by atoms with van der Waals surface area (Å²) in [5.41, 5.74) is 2.50. The van der Waals surface area contributed by atoms with Gasteiger partial charge >= 0.3 is 5.97 Å². The largest absolute Gasteiger partial charge is 0.452 e. The van der Waals surface area contributed by atoms with E-state index in [2.05, 4.69) is 14.1 Å². The molecule has 2 aromatic carbocycles. The van der Waals surface area contributed by atoms with Gasteiger partial charge in [0.2, 0.25) is 0 Å². The fourth-order valence-electron chi connectivity index (χ4n) is 1.99. The Morgan fingerprint density at radius 2 is 1.96 bits per heavy atom. The van der Waals surface area contributed by atoms with Gasteiger partial charge in [-0.2, -0.15) is 14.0 Å². The van der Waals surface area contributed by atoms with Gasteiger partial charge in [-0.3, -0.25) is 4.79 Å². The number of ether oxygens (including phenoxy) is 1. The Balaban J connectivity index is 1.60. The van der Waals surface area contributed by atoms with Crippen molar-refractivity contribution in [2.75, 3.05) is 11.9 Å². The number of hydrogen-bond acceptors (Lipinski definition) is 7. The third kappa shape index (κ3) is 3.37. The zero-order valence-electron chi connectivity index (χ0n) is 12.2. The van der Waals surface area contributed by atoms with E-state index < -0.39 is 18.5 Å². The summed E-state index contributed by atoms with van der Waals surface area (Å²) in [5, 5.41) is 11.4. The highest BCUT2D eigenvalue weighted by Gasteiger charge is 2.12. The summed E-state index contributed by atoms with van der Waals surface area (Å²) in [5.74, 6) is -1.11. The Labute approximate surface area is 140 Å². The van der Waals surface area contributed by atoms with Gasteiger partial charge in [-0.05, 0) is 36.4 Å². The molecule has 0 aliphatic rings. The Morgan fingerprint density at radius 1 is 1.17 bits per heavy atom. The van der Waals surface area contributed by atoms with Crippen molar-refractivity contribution < 1.29 is 14.3 Å². The van der Waals surface area contributed by atoms with Crippen molar-refractivity contribution in [1.82, 2.24) is 8.75 Å². The minimum absolute atomic E-state index is 0.271. The molecule has 0 saturated carbocycles. The fraction of sp³-hybridized carbons (Fsp3) is 0.0625. The molecule has 8 heteroatoms. The van der Waals surface area contributed by atoms with E-state index in [0.29, 0.717) is 22.3 Å². The standard InChI is InChI=1S/C16H10N4O3S/c17-8-10-4-6-11(7-5-10)16(22)23-9-14(21)18-12-2-1-3-13-15(12)20-24-19-13/h1-7H,9H2,(H,18,21). The van der Waals surface area contributed by atoms with Gasteiger partial charge in [-0.1, -0.05) is 6.07 Å². The summed E-state index contributed by atoms with van der Waals surface area (Å²) in [6.45, 7) is -0.424. The van der Waals surface area contributed by atoms with E-state index in [-0.39, 0.29) is 5.56 Å². The first-order chi connectivity index (χ1) is 11.7. The predicted molar refractivity (Wildman–Crippen MR) is 87.5 cm³/mol. The second-order valence-electron chi connectivity index (χ2n) is 4.75. The number of anilines is 1. The van der Waals surface area contributed by atoms with Gasteiger partial charge in [0, 0.05) is 0 Å². The molecule has 1 heterocycles. The number of carbonyl (C=O) groups is 2. The normalized spacial score (nSPS) is 10.1. The third-order valence-electron chi connectivity index (χ3n) is 3.14. The molecule has 1 N–H and O–H groups in total. The van der Waals surface area contributed by atoms with Crippen molar-refractivity contribution in [3.63, 3.8) is 0 Å². The first kappa shape index (κ1) is 15.6. The van der Waals surface area contributed by atoms with Crippen molar-refractivity contribution in [1.29, 1.82) is 5.26 Å². The maximum absolute atomic E-state index is 11.9. The van der Waals surface area contributed by atoms with Crippen LogP contribution in [0.3, 0.4) is 0 Å². The van der Waals surface area contributed by atoms with Crippen LogP contribution in [0.2, 0.25) is 0 Å². The molecule has 0 aliphatic heterocycles. The number of nitriles is 1. The van der Waals surface area contributed by atoms with Crippen LogP contribution < -0.4 is 5.32 Å². The summed E-state index contributed by atoms with van der Waals surface area (Å²) in [6.07, 6.45) is 0. The number of carbonyl (C=O) groups excluding carboxylic acids is 2. The lowest BCUT2D eigenvalue weighted by atomic mass is 10.1. The van der Waals surface area contributed by atoms with Crippen LogP contribution >= 0.6 is 11.7 Å². The molecule has 0 fully saturated rings. The smallest absolute Gasteiger partial charge is 0.338 e. The number of rotatable bonds is 4. The van der Waals surface area contributed by atoms with Crippen LogP contribution in [0, 0.1) is 11.3 Å². The first-order valence-corrected chi connectivity index (χ1v) is 7.59. The topological polar surface area (TPSA) is 105 Å². The van der Waals surface area contributed by atoms with Crippen LogP contribution in [0.4, 0.5) is 5.69 Å². The lowest BCUT2D eigenvalue weighted by molar-refractivity contribution is -0.119. The second kappa shape index (κ2) is 6.85. The summed E-state index contributed by atoms with van der Waals surface area (Å²) in [4.78, 5) is 23.8. The molecule has 1 amide bonds. The molecular weight excluding hydrogens is 328 g/mol. The molecule has 0 spiro atoms. The Bertz CT molecular complexity index is 944. The van der Waals surface area contributed by atoms with E-state index >= 15 is 0 Å². The van der Waals surface area contributed by atoms with Crippen molar-refractivity contribution >= 4 is 40.3 Å². The number of aromatic nitrogens is 2. The third-order valence-corrected chi connectivity index (χ3v) is 3.69. The number of hydrogen-bond donors (Lipinski definition) is 1. The SMILES string of the molecule is N#Cc1ccc(C(=O)OCC(=O)Nc2cccc3nsnc23)cc1. The van der Waals surface area contributed by atoms with Crippen LogP contribution in [0.25, 0.3) is 11.0 Å². The average molecular weight is 338 g/mol. The highest BCUT2D eigenvalue weighted by Crippen LogP contribution is 2.20. The molecular formula is C16H10N4O3S. The summed E-state index contributed by atoms with van der Waals surface area (Å²) >= 11 is 1.05. The molecule has 3 aromatic rings. The Kier molecular flexibility index (Phi) is 4.45. The minimum Gasteiger partial charge on any atom is -0.452 e. The zero-order valence-corrected chi connectivity index (χ0v) is 13.0. The predicted octanol–water partition coefficient (Wildman–Crippen LogP) is 2.36. The van der Waals surface area contributed by atoms with E-state index in [1.54, 1.807) is 18.2 Å². The van der Waals surface area contributed by atoms with Gasteiger partial charge in [0.15, 0.2) is 6.61 Å². The number of fused-ring (bicyclic) bond motifs is 1. The first-order valence-electron chi connectivity index (χ1n) is 6.86. The van der Waals surface area contributed by atoms with Crippen LogP contribution in [-0.4, -0.2) is 27.2 Å². The molecule has 0 atom stereocenters. The monoisotopic (exact) mass is 338 g/mol. The molecule has 7 nitrogen and oxygen atoms in total. The van der Waals surface area contributed by atoms with E-state index in [1.165, 1.54) is 24.3 Å². The van der Waals surface area contributed by atoms with Gasteiger partial charge in [-0.25, -0.2) is 4.79 Å². The summed E-state index contributed by atoms with van der Waals surface area (Å²) < 4.78 is 13.2. The zero-order chi connectivity index (χ0) is 16.9. The van der Waals surface area contributed by atoms with E-state index in [9.17, 15) is 9.59 Å². The van der Waals surface area contributed by atoms with Gasteiger partial charge in [-0.15, -0.1) is 0 Å². The van der Waals surface area contributed by atoms with Crippen molar-refractivity contribution in [3.8, 4) is 6.07 Å². The van der Waals surface area contributed by atoms with E-state index in [4.69, 9.17) is 10.00 Å².